The standard InChI is InChI=1S/C13H20N2O/c1-10-7-11(10)8-14(2)9-13(16)12-5-4-6-15(12)3/h4-6,10-11H,7-9H2,1-3H3. The highest BCUT2D eigenvalue weighted by Gasteiger charge is 2.33. The first-order valence-corrected chi connectivity index (χ1v) is 5.91. The zero-order valence-corrected chi connectivity index (χ0v) is 10.3. The van der Waals surface area contributed by atoms with E-state index in [0.29, 0.717) is 6.54 Å². The number of ketones is 1. The van der Waals surface area contributed by atoms with Crippen LogP contribution in [-0.2, 0) is 7.05 Å². The number of carbonyl (C=O) groups excluding carboxylic acids is 1. The minimum Gasteiger partial charge on any atom is -0.348 e. The molecule has 1 aliphatic carbocycles. The number of rotatable bonds is 5. The van der Waals surface area contributed by atoms with Gasteiger partial charge in [-0.2, -0.15) is 0 Å². The molecule has 0 bridgehead atoms. The molecule has 0 saturated heterocycles. The van der Waals surface area contributed by atoms with E-state index < -0.39 is 0 Å². The zero-order valence-electron chi connectivity index (χ0n) is 10.3. The van der Waals surface area contributed by atoms with Crippen LogP contribution in [0, 0.1) is 11.8 Å². The summed E-state index contributed by atoms with van der Waals surface area (Å²) in [6.07, 6.45) is 3.24. The normalized spacial score (nSPS) is 23.8. The fraction of sp³-hybridized carbons (Fsp3) is 0.615. The van der Waals surface area contributed by atoms with Crippen molar-refractivity contribution in [3.63, 3.8) is 0 Å². The van der Waals surface area contributed by atoms with Gasteiger partial charge in [0.05, 0.1) is 12.2 Å². The van der Waals surface area contributed by atoms with Crippen molar-refractivity contribution in [2.24, 2.45) is 18.9 Å². The predicted octanol–water partition coefficient (Wildman–Crippen LogP) is 1.80. The SMILES string of the molecule is CC1CC1CN(C)CC(=O)c1cccn1C. The molecular weight excluding hydrogens is 200 g/mol. The third-order valence-electron chi connectivity index (χ3n) is 3.47. The van der Waals surface area contributed by atoms with Gasteiger partial charge in [-0.3, -0.25) is 9.69 Å². The van der Waals surface area contributed by atoms with Crippen LogP contribution in [-0.4, -0.2) is 35.4 Å². The molecule has 1 aromatic rings. The maximum absolute atomic E-state index is 12.0. The Morgan fingerprint density at radius 3 is 2.81 bits per heavy atom. The van der Waals surface area contributed by atoms with E-state index in [1.54, 1.807) is 0 Å². The van der Waals surface area contributed by atoms with E-state index >= 15 is 0 Å². The molecule has 1 aliphatic rings. The summed E-state index contributed by atoms with van der Waals surface area (Å²) in [5.74, 6) is 1.88. The van der Waals surface area contributed by atoms with Crippen molar-refractivity contribution < 1.29 is 4.79 Å². The van der Waals surface area contributed by atoms with E-state index in [1.165, 1.54) is 6.42 Å². The van der Waals surface area contributed by atoms with Gasteiger partial charge in [0, 0.05) is 19.8 Å². The molecule has 1 saturated carbocycles. The van der Waals surface area contributed by atoms with E-state index in [2.05, 4.69) is 11.8 Å². The lowest BCUT2D eigenvalue weighted by atomic mass is 10.2. The minimum absolute atomic E-state index is 0.211. The third kappa shape index (κ3) is 2.53. The molecule has 0 radical (unpaired) electrons. The highest BCUT2D eigenvalue weighted by Crippen LogP contribution is 2.37. The summed E-state index contributed by atoms with van der Waals surface area (Å²) >= 11 is 0. The quantitative estimate of drug-likeness (QED) is 0.707. The molecule has 2 rings (SSSR count). The van der Waals surface area contributed by atoms with Gasteiger partial charge in [0.25, 0.3) is 0 Å². The van der Waals surface area contributed by atoms with Crippen molar-refractivity contribution in [3.8, 4) is 0 Å². The first-order chi connectivity index (χ1) is 7.58. The topological polar surface area (TPSA) is 25.2 Å². The molecule has 0 spiro atoms. The molecule has 3 heteroatoms. The minimum atomic E-state index is 0.211. The van der Waals surface area contributed by atoms with E-state index in [4.69, 9.17) is 0 Å². The molecule has 88 valence electrons. The van der Waals surface area contributed by atoms with E-state index in [1.807, 2.05) is 37.0 Å². The number of nitrogens with zero attached hydrogens (tertiary/aromatic N) is 2. The van der Waals surface area contributed by atoms with Gasteiger partial charge in [-0.1, -0.05) is 6.92 Å². The Balaban J connectivity index is 1.85. The highest BCUT2D eigenvalue weighted by atomic mass is 16.1. The molecule has 0 N–H and O–H groups in total. The first kappa shape index (κ1) is 11.4. The summed E-state index contributed by atoms with van der Waals surface area (Å²) < 4.78 is 1.88. The Labute approximate surface area is 97.1 Å². The van der Waals surface area contributed by atoms with Crippen molar-refractivity contribution >= 4 is 5.78 Å². The van der Waals surface area contributed by atoms with Crippen LogP contribution in [0.5, 0.6) is 0 Å². The first-order valence-electron chi connectivity index (χ1n) is 5.91. The monoisotopic (exact) mass is 220 g/mol. The number of aryl methyl sites for hydroxylation is 1. The van der Waals surface area contributed by atoms with Crippen molar-refractivity contribution in [1.29, 1.82) is 0 Å². The Kier molecular flexibility index (Phi) is 3.15. The number of carbonyl (C=O) groups is 1. The van der Waals surface area contributed by atoms with Crippen LogP contribution >= 0.6 is 0 Å². The summed E-state index contributed by atoms with van der Waals surface area (Å²) in [7, 11) is 3.95. The fourth-order valence-electron chi connectivity index (χ4n) is 2.20. The van der Waals surface area contributed by atoms with Crippen LogP contribution < -0.4 is 0 Å². The largest absolute Gasteiger partial charge is 0.348 e. The molecule has 3 nitrogen and oxygen atoms in total. The molecule has 1 fully saturated rings. The number of likely N-dealkylation sites (N-methyl/N-ethyl adjacent to an activating group) is 1. The number of aromatic nitrogens is 1. The molecule has 2 unspecified atom stereocenters. The zero-order chi connectivity index (χ0) is 11.7. The maximum atomic E-state index is 12.0. The molecule has 1 aromatic heterocycles. The van der Waals surface area contributed by atoms with Gasteiger partial charge < -0.3 is 4.57 Å². The van der Waals surface area contributed by atoms with E-state index in [-0.39, 0.29) is 5.78 Å². The Morgan fingerprint density at radius 1 is 1.62 bits per heavy atom. The molecule has 0 amide bonds. The molecule has 16 heavy (non-hydrogen) atoms. The van der Waals surface area contributed by atoms with Crippen LogP contribution in [0.25, 0.3) is 0 Å². The van der Waals surface area contributed by atoms with Gasteiger partial charge in [-0.05, 0) is 37.4 Å². The Morgan fingerprint density at radius 2 is 2.31 bits per heavy atom. The molecule has 0 aromatic carbocycles. The second kappa shape index (κ2) is 4.42. The van der Waals surface area contributed by atoms with Crippen molar-refractivity contribution in [3.05, 3.63) is 24.0 Å². The molecular formula is C13H20N2O. The molecule has 0 aliphatic heterocycles. The van der Waals surface area contributed by atoms with Crippen LogP contribution in [0.15, 0.2) is 18.3 Å². The maximum Gasteiger partial charge on any atom is 0.193 e. The average Bonchev–Trinajstić information content (AvgIpc) is 2.74. The number of hydrogen-bond donors (Lipinski definition) is 0. The van der Waals surface area contributed by atoms with E-state index in [0.717, 1.165) is 24.1 Å². The van der Waals surface area contributed by atoms with Gasteiger partial charge >= 0.3 is 0 Å². The lowest BCUT2D eigenvalue weighted by Crippen LogP contribution is -2.29. The second-order valence-corrected chi connectivity index (χ2v) is 5.10. The lowest BCUT2D eigenvalue weighted by molar-refractivity contribution is 0.0935. The van der Waals surface area contributed by atoms with Gasteiger partial charge in [0.2, 0.25) is 0 Å². The summed E-state index contributed by atoms with van der Waals surface area (Å²) in [5, 5.41) is 0. The summed E-state index contributed by atoms with van der Waals surface area (Å²) in [6, 6.07) is 3.80. The van der Waals surface area contributed by atoms with Gasteiger partial charge in [0.1, 0.15) is 0 Å². The molecule has 1 heterocycles. The second-order valence-electron chi connectivity index (χ2n) is 5.10. The Bertz CT molecular complexity index is 383. The number of Topliss-reactive ketones (excluding diaryl/α,β-unsaturated/α-hetero) is 1. The van der Waals surface area contributed by atoms with Crippen LogP contribution in [0.1, 0.15) is 23.8 Å². The fourth-order valence-corrected chi connectivity index (χ4v) is 2.20. The van der Waals surface area contributed by atoms with Crippen molar-refractivity contribution in [1.82, 2.24) is 9.47 Å². The van der Waals surface area contributed by atoms with Crippen molar-refractivity contribution in [2.75, 3.05) is 20.1 Å². The number of hydrogen-bond acceptors (Lipinski definition) is 2. The summed E-state index contributed by atoms with van der Waals surface area (Å²) in [5.41, 5.74) is 0.802. The smallest absolute Gasteiger partial charge is 0.193 e. The van der Waals surface area contributed by atoms with Crippen LogP contribution in [0.3, 0.4) is 0 Å². The highest BCUT2D eigenvalue weighted by molar-refractivity contribution is 5.96. The molecule has 2 atom stereocenters. The summed E-state index contributed by atoms with van der Waals surface area (Å²) in [4.78, 5) is 14.1. The average molecular weight is 220 g/mol. The van der Waals surface area contributed by atoms with Gasteiger partial charge in [-0.25, -0.2) is 0 Å². The van der Waals surface area contributed by atoms with E-state index in [9.17, 15) is 4.79 Å². The predicted molar refractivity (Wildman–Crippen MR) is 64.5 cm³/mol. The van der Waals surface area contributed by atoms with Crippen molar-refractivity contribution in [2.45, 2.75) is 13.3 Å². The third-order valence-corrected chi connectivity index (χ3v) is 3.47. The lowest BCUT2D eigenvalue weighted by Gasteiger charge is -2.15. The van der Waals surface area contributed by atoms with Gasteiger partial charge in [-0.15, -0.1) is 0 Å². The van der Waals surface area contributed by atoms with Crippen LogP contribution in [0.2, 0.25) is 0 Å². The summed E-state index contributed by atoms with van der Waals surface area (Å²) in [6.45, 7) is 3.86. The van der Waals surface area contributed by atoms with Crippen LogP contribution in [0.4, 0.5) is 0 Å². The Hall–Kier alpha value is -1.09. The van der Waals surface area contributed by atoms with Gasteiger partial charge in [0.15, 0.2) is 5.78 Å².